The first-order valence-electron chi connectivity index (χ1n) is 4.46. The van der Waals surface area contributed by atoms with Crippen LogP contribution in [0.2, 0.25) is 5.02 Å². The Hall–Kier alpha value is -1.28. The van der Waals surface area contributed by atoms with Crippen LogP contribution >= 0.6 is 11.6 Å². The average Bonchev–Trinajstić information content (AvgIpc) is 2.50. The summed E-state index contributed by atoms with van der Waals surface area (Å²) < 4.78 is 0. The Morgan fingerprint density at radius 2 is 1.79 bits per heavy atom. The number of nitrogens with zero attached hydrogens (tertiary/aromatic N) is 1. The Morgan fingerprint density at radius 1 is 1.14 bits per heavy atom. The van der Waals surface area contributed by atoms with Crippen LogP contribution in [-0.2, 0) is 0 Å². The molecule has 1 heterocycles. The molecule has 0 amide bonds. The molecule has 0 radical (unpaired) electrons. The lowest BCUT2D eigenvalue weighted by Gasteiger charge is -1.98. The van der Waals surface area contributed by atoms with E-state index in [1.165, 1.54) is 5.56 Å². The number of aromatic nitrogens is 2. The number of aromatic amines is 1. The lowest BCUT2D eigenvalue weighted by molar-refractivity contribution is 1.05. The Balaban J connectivity index is 2.49. The molecule has 0 unspecified atom stereocenters. The third-order valence-electron chi connectivity index (χ3n) is 2.37. The monoisotopic (exact) mass is 206 g/mol. The molecule has 0 fully saturated rings. The van der Waals surface area contributed by atoms with Gasteiger partial charge in [-0.15, -0.1) is 0 Å². The van der Waals surface area contributed by atoms with Crippen molar-refractivity contribution in [1.29, 1.82) is 0 Å². The minimum atomic E-state index is 0.749. The summed E-state index contributed by atoms with van der Waals surface area (Å²) in [6.45, 7) is 4.07. The van der Waals surface area contributed by atoms with E-state index >= 15 is 0 Å². The zero-order valence-corrected chi connectivity index (χ0v) is 8.89. The largest absolute Gasteiger partial charge is 0.282 e. The van der Waals surface area contributed by atoms with Gasteiger partial charge in [0.15, 0.2) is 0 Å². The van der Waals surface area contributed by atoms with Gasteiger partial charge in [0.05, 0.1) is 5.69 Å². The smallest absolute Gasteiger partial charge is 0.0952 e. The predicted molar refractivity (Wildman–Crippen MR) is 58.5 cm³/mol. The highest BCUT2D eigenvalue weighted by atomic mass is 35.5. The number of H-pyrrole nitrogens is 1. The fourth-order valence-corrected chi connectivity index (χ4v) is 1.50. The Labute approximate surface area is 87.9 Å². The third kappa shape index (κ3) is 1.53. The van der Waals surface area contributed by atoms with Gasteiger partial charge in [0.1, 0.15) is 0 Å². The van der Waals surface area contributed by atoms with E-state index < -0.39 is 0 Å². The maximum atomic E-state index is 5.82. The summed E-state index contributed by atoms with van der Waals surface area (Å²) in [4.78, 5) is 0. The summed E-state index contributed by atoms with van der Waals surface area (Å²) in [6, 6.07) is 7.70. The molecule has 0 aliphatic rings. The van der Waals surface area contributed by atoms with Crippen LogP contribution < -0.4 is 0 Å². The molecule has 1 aromatic carbocycles. The van der Waals surface area contributed by atoms with Crippen LogP contribution in [-0.4, -0.2) is 10.2 Å². The van der Waals surface area contributed by atoms with Gasteiger partial charge in [0.25, 0.3) is 0 Å². The predicted octanol–water partition coefficient (Wildman–Crippen LogP) is 3.35. The van der Waals surface area contributed by atoms with E-state index in [-0.39, 0.29) is 0 Å². The SMILES string of the molecule is Cc1[nH]nc(-c2ccc(Cl)cc2)c1C. The first-order valence-corrected chi connectivity index (χ1v) is 4.84. The molecule has 14 heavy (non-hydrogen) atoms. The number of benzene rings is 1. The van der Waals surface area contributed by atoms with Gasteiger partial charge in [0, 0.05) is 16.3 Å². The number of aryl methyl sites for hydroxylation is 1. The fraction of sp³-hybridized carbons (Fsp3) is 0.182. The quantitative estimate of drug-likeness (QED) is 0.762. The maximum Gasteiger partial charge on any atom is 0.0952 e. The van der Waals surface area contributed by atoms with E-state index in [1.807, 2.05) is 31.2 Å². The molecule has 0 saturated carbocycles. The summed E-state index contributed by atoms with van der Waals surface area (Å²) >= 11 is 5.82. The molecule has 72 valence electrons. The van der Waals surface area contributed by atoms with Crippen molar-refractivity contribution in [2.45, 2.75) is 13.8 Å². The van der Waals surface area contributed by atoms with Gasteiger partial charge in [-0.25, -0.2) is 0 Å². The van der Waals surface area contributed by atoms with Crippen LogP contribution in [0, 0.1) is 13.8 Å². The minimum Gasteiger partial charge on any atom is -0.282 e. The summed E-state index contributed by atoms with van der Waals surface area (Å²) in [5.41, 5.74) is 4.39. The highest BCUT2D eigenvalue weighted by molar-refractivity contribution is 6.30. The molecule has 2 aromatic rings. The van der Waals surface area contributed by atoms with Gasteiger partial charge in [-0.2, -0.15) is 5.10 Å². The lowest BCUT2D eigenvalue weighted by Crippen LogP contribution is -1.80. The first kappa shape index (κ1) is 9.28. The van der Waals surface area contributed by atoms with Gasteiger partial charge in [-0.1, -0.05) is 23.7 Å². The summed E-state index contributed by atoms with van der Waals surface area (Å²) in [5.74, 6) is 0. The van der Waals surface area contributed by atoms with Crippen molar-refractivity contribution < 1.29 is 0 Å². The van der Waals surface area contributed by atoms with Crippen molar-refractivity contribution >= 4 is 11.6 Å². The van der Waals surface area contributed by atoms with Crippen molar-refractivity contribution in [3.63, 3.8) is 0 Å². The normalized spacial score (nSPS) is 10.5. The van der Waals surface area contributed by atoms with Crippen molar-refractivity contribution in [3.05, 3.63) is 40.5 Å². The van der Waals surface area contributed by atoms with Crippen molar-refractivity contribution in [3.8, 4) is 11.3 Å². The van der Waals surface area contributed by atoms with E-state index in [2.05, 4.69) is 17.1 Å². The third-order valence-corrected chi connectivity index (χ3v) is 2.62. The molecule has 0 atom stereocenters. The molecule has 1 N–H and O–H groups in total. The molecule has 2 nitrogen and oxygen atoms in total. The van der Waals surface area contributed by atoms with E-state index in [1.54, 1.807) is 0 Å². The van der Waals surface area contributed by atoms with Crippen LogP contribution in [0.4, 0.5) is 0 Å². The van der Waals surface area contributed by atoms with Crippen LogP contribution in [0.1, 0.15) is 11.3 Å². The van der Waals surface area contributed by atoms with E-state index in [9.17, 15) is 0 Å². The second-order valence-corrected chi connectivity index (χ2v) is 3.77. The van der Waals surface area contributed by atoms with Crippen LogP contribution in [0.15, 0.2) is 24.3 Å². The number of rotatable bonds is 1. The van der Waals surface area contributed by atoms with Gasteiger partial charge >= 0.3 is 0 Å². The zero-order valence-electron chi connectivity index (χ0n) is 8.13. The molecule has 0 aliphatic heterocycles. The molecule has 0 spiro atoms. The second kappa shape index (κ2) is 3.46. The summed E-state index contributed by atoms with van der Waals surface area (Å²) in [6.07, 6.45) is 0. The Kier molecular flexibility index (Phi) is 2.30. The minimum absolute atomic E-state index is 0.749. The Bertz CT molecular complexity index is 443. The number of hydrogen-bond donors (Lipinski definition) is 1. The second-order valence-electron chi connectivity index (χ2n) is 3.33. The van der Waals surface area contributed by atoms with Crippen LogP contribution in [0.3, 0.4) is 0 Å². The molecule has 0 aliphatic carbocycles. The lowest BCUT2D eigenvalue weighted by atomic mass is 10.1. The number of nitrogens with one attached hydrogen (secondary N) is 1. The number of halogens is 1. The summed E-state index contributed by atoms with van der Waals surface area (Å²) in [7, 11) is 0. The van der Waals surface area contributed by atoms with Crippen molar-refractivity contribution in [2.75, 3.05) is 0 Å². The highest BCUT2D eigenvalue weighted by Crippen LogP contribution is 2.23. The molecule has 0 bridgehead atoms. The standard InChI is InChI=1S/C11H11ClN2/c1-7-8(2)13-14-11(7)9-3-5-10(12)6-4-9/h3-6H,1-2H3,(H,13,14). The van der Waals surface area contributed by atoms with Gasteiger partial charge in [0.2, 0.25) is 0 Å². The molecule has 2 rings (SSSR count). The van der Waals surface area contributed by atoms with Crippen LogP contribution in [0.5, 0.6) is 0 Å². The highest BCUT2D eigenvalue weighted by Gasteiger charge is 2.07. The van der Waals surface area contributed by atoms with Crippen molar-refractivity contribution in [1.82, 2.24) is 10.2 Å². The van der Waals surface area contributed by atoms with E-state index in [0.717, 1.165) is 22.0 Å². The molecule has 0 saturated heterocycles. The topological polar surface area (TPSA) is 28.7 Å². The van der Waals surface area contributed by atoms with Gasteiger partial charge in [-0.3, -0.25) is 5.10 Å². The van der Waals surface area contributed by atoms with E-state index in [0.29, 0.717) is 0 Å². The first-order chi connectivity index (χ1) is 6.68. The average molecular weight is 207 g/mol. The maximum absolute atomic E-state index is 5.82. The summed E-state index contributed by atoms with van der Waals surface area (Å²) in [5, 5.41) is 7.96. The zero-order chi connectivity index (χ0) is 10.1. The van der Waals surface area contributed by atoms with Crippen molar-refractivity contribution in [2.24, 2.45) is 0 Å². The molecule has 1 aromatic heterocycles. The van der Waals surface area contributed by atoms with Gasteiger partial charge in [-0.05, 0) is 31.5 Å². The molecular formula is C11H11ClN2. The van der Waals surface area contributed by atoms with Crippen LogP contribution in [0.25, 0.3) is 11.3 Å². The fourth-order valence-electron chi connectivity index (χ4n) is 1.37. The number of hydrogen-bond acceptors (Lipinski definition) is 1. The molecule has 3 heteroatoms. The van der Waals surface area contributed by atoms with E-state index in [4.69, 9.17) is 11.6 Å². The molecular weight excluding hydrogens is 196 g/mol. The van der Waals surface area contributed by atoms with Gasteiger partial charge < -0.3 is 0 Å². The Morgan fingerprint density at radius 3 is 2.29 bits per heavy atom.